The minimum Gasteiger partial charge on any atom is -0.497 e. The van der Waals surface area contributed by atoms with Crippen molar-refractivity contribution < 1.29 is 9.53 Å². The second kappa shape index (κ2) is 6.52. The summed E-state index contributed by atoms with van der Waals surface area (Å²) in [4.78, 5) is 15.8. The minimum absolute atomic E-state index is 0.0288. The molecule has 0 saturated carbocycles. The van der Waals surface area contributed by atoms with E-state index in [0.29, 0.717) is 13.0 Å². The quantitative estimate of drug-likeness (QED) is 0.788. The van der Waals surface area contributed by atoms with Gasteiger partial charge in [0.1, 0.15) is 11.6 Å². The van der Waals surface area contributed by atoms with Gasteiger partial charge in [0.15, 0.2) is 0 Å². The molecule has 1 N–H and O–H groups in total. The fourth-order valence-electron chi connectivity index (χ4n) is 2.61. The zero-order valence-electron chi connectivity index (χ0n) is 13.2. The molecule has 3 aromatic rings. The number of hydrogen-bond donors (Lipinski definition) is 1. The van der Waals surface area contributed by atoms with Crippen molar-refractivity contribution in [1.29, 1.82) is 0 Å². The summed E-state index contributed by atoms with van der Waals surface area (Å²) in [5.41, 5.74) is 2.97. The number of nitrogens with zero attached hydrogens (tertiary/aromatic N) is 2. The van der Waals surface area contributed by atoms with E-state index < -0.39 is 0 Å². The highest BCUT2D eigenvalue weighted by molar-refractivity contribution is 5.78. The summed E-state index contributed by atoms with van der Waals surface area (Å²) in [6, 6.07) is 13.9. The van der Waals surface area contributed by atoms with E-state index in [1.807, 2.05) is 48.7 Å². The van der Waals surface area contributed by atoms with Crippen LogP contribution in [0, 0.1) is 0 Å². The average molecular weight is 309 g/mol. The van der Waals surface area contributed by atoms with E-state index in [9.17, 15) is 4.79 Å². The lowest BCUT2D eigenvalue weighted by Gasteiger charge is -2.02. The third kappa shape index (κ3) is 3.18. The summed E-state index contributed by atoms with van der Waals surface area (Å²) in [5, 5.41) is 2.81. The molecule has 0 atom stereocenters. The molecule has 0 bridgehead atoms. The van der Waals surface area contributed by atoms with E-state index in [1.165, 1.54) is 6.92 Å². The summed E-state index contributed by atoms with van der Waals surface area (Å²) in [5.74, 6) is 1.70. The van der Waals surface area contributed by atoms with E-state index in [-0.39, 0.29) is 5.91 Å². The summed E-state index contributed by atoms with van der Waals surface area (Å²) >= 11 is 0. The molecule has 2 aromatic heterocycles. The van der Waals surface area contributed by atoms with E-state index in [0.717, 1.165) is 28.3 Å². The highest BCUT2D eigenvalue weighted by atomic mass is 16.5. The number of carbonyl (C=O) groups excluding carboxylic acids is 1. The molecule has 5 heteroatoms. The Hall–Kier alpha value is -2.82. The number of benzene rings is 1. The first-order valence-electron chi connectivity index (χ1n) is 7.54. The minimum atomic E-state index is -0.0288. The van der Waals surface area contributed by atoms with E-state index in [4.69, 9.17) is 9.72 Å². The Labute approximate surface area is 134 Å². The summed E-state index contributed by atoms with van der Waals surface area (Å²) in [6.07, 6.45) is 2.67. The fraction of sp³-hybridized carbons (Fsp3) is 0.222. The van der Waals surface area contributed by atoms with Gasteiger partial charge in [-0.25, -0.2) is 4.98 Å². The Morgan fingerprint density at radius 2 is 2.13 bits per heavy atom. The van der Waals surface area contributed by atoms with Crippen molar-refractivity contribution in [2.75, 3.05) is 13.7 Å². The van der Waals surface area contributed by atoms with Crippen molar-refractivity contribution in [3.63, 3.8) is 0 Å². The summed E-state index contributed by atoms with van der Waals surface area (Å²) < 4.78 is 7.37. The van der Waals surface area contributed by atoms with Gasteiger partial charge in [0, 0.05) is 31.6 Å². The molecular formula is C18H19N3O2. The third-order valence-corrected chi connectivity index (χ3v) is 3.69. The van der Waals surface area contributed by atoms with Gasteiger partial charge in [0.05, 0.1) is 18.3 Å². The predicted molar refractivity (Wildman–Crippen MR) is 89.6 cm³/mol. The Morgan fingerprint density at radius 1 is 1.26 bits per heavy atom. The SMILES string of the molecule is COc1cccc(-c2nc(CCNC(C)=O)n3ccccc23)c1. The van der Waals surface area contributed by atoms with Crippen LogP contribution >= 0.6 is 0 Å². The Morgan fingerprint density at radius 3 is 2.91 bits per heavy atom. The van der Waals surface area contributed by atoms with Crippen molar-refractivity contribution in [3.8, 4) is 17.0 Å². The molecule has 5 nitrogen and oxygen atoms in total. The molecule has 1 aromatic carbocycles. The van der Waals surface area contributed by atoms with Gasteiger partial charge in [-0.2, -0.15) is 0 Å². The van der Waals surface area contributed by atoms with Gasteiger partial charge in [-0.05, 0) is 24.3 Å². The van der Waals surface area contributed by atoms with Gasteiger partial charge in [0.2, 0.25) is 5.91 Å². The Bertz CT molecular complexity index is 839. The monoisotopic (exact) mass is 309 g/mol. The first-order chi connectivity index (χ1) is 11.2. The lowest BCUT2D eigenvalue weighted by molar-refractivity contribution is -0.118. The lowest BCUT2D eigenvalue weighted by atomic mass is 10.1. The number of rotatable bonds is 5. The molecule has 0 aliphatic rings. The van der Waals surface area contributed by atoms with Crippen LogP contribution in [0.4, 0.5) is 0 Å². The lowest BCUT2D eigenvalue weighted by Crippen LogP contribution is -2.23. The number of ether oxygens (including phenoxy) is 1. The summed E-state index contributed by atoms with van der Waals surface area (Å²) in [7, 11) is 1.66. The van der Waals surface area contributed by atoms with E-state index in [1.54, 1.807) is 7.11 Å². The molecule has 2 heterocycles. The molecule has 23 heavy (non-hydrogen) atoms. The van der Waals surface area contributed by atoms with Crippen molar-refractivity contribution in [2.24, 2.45) is 0 Å². The number of aromatic nitrogens is 2. The smallest absolute Gasteiger partial charge is 0.216 e. The van der Waals surface area contributed by atoms with Crippen LogP contribution in [0.3, 0.4) is 0 Å². The van der Waals surface area contributed by atoms with Crippen LogP contribution in [0.2, 0.25) is 0 Å². The van der Waals surface area contributed by atoms with Crippen LogP contribution in [0.5, 0.6) is 5.75 Å². The molecule has 0 aliphatic heterocycles. The number of pyridine rings is 1. The van der Waals surface area contributed by atoms with Crippen LogP contribution in [-0.4, -0.2) is 28.9 Å². The number of amides is 1. The molecule has 0 spiro atoms. The van der Waals surface area contributed by atoms with Crippen LogP contribution in [0.15, 0.2) is 48.7 Å². The van der Waals surface area contributed by atoms with Crippen molar-refractivity contribution in [2.45, 2.75) is 13.3 Å². The summed E-state index contributed by atoms with van der Waals surface area (Å²) in [6.45, 7) is 2.09. The molecule has 3 rings (SSSR count). The Balaban J connectivity index is 2.01. The first kappa shape index (κ1) is 15.1. The fourth-order valence-corrected chi connectivity index (χ4v) is 2.61. The van der Waals surface area contributed by atoms with Crippen LogP contribution in [0.25, 0.3) is 16.8 Å². The van der Waals surface area contributed by atoms with Crippen LogP contribution < -0.4 is 10.1 Å². The molecular weight excluding hydrogens is 290 g/mol. The van der Waals surface area contributed by atoms with E-state index >= 15 is 0 Å². The Kier molecular flexibility index (Phi) is 4.28. The van der Waals surface area contributed by atoms with Gasteiger partial charge >= 0.3 is 0 Å². The number of imidazole rings is 1. The predicted octanol–water partition coefficient (Wildman–Crippen LogP) is 2.69. The molecule has 0 saturated heterocycles. The van der Waals surface area contributed by atoms with Crippen molar-refractivity contribution >= 4 is 11.4 Å². The third-order valence-electron chi connectivity index (χ3n) is 3.69. The maximum absolute atomic E-state index is 11.0. The molecule has 0 unspecified atom stereocenters. The van der Waals surface area contributed by atoms with Gasteiger partial charge in [-0.1, -0.05) is 18.2 Å². The van der Waals surface area contributed by atoms with Crippen molar-refractivity contribution in [1.82, 2.24) is 14.7 Å². The van der Waals surface area contributed by atoms with Gasteiger partial charge in [-0.15, -0.1) is 0 Å². The second-order valence-corrected chi connectivity index (χ2v) is 5.30. The normalized spacial score (nSPS) is 10.7. The van der Waals surface area contributed by atoms with Crippen molar-refractivity contribution in [3.05, 3.63) is 54.5 Å². The largest absolute Gasteiger partial charge is 0.497 e. The zero-order chi connectivity index (χ0) is 16.2. The van der Waals surface area contributed by atoms with Gasteiger partial charge < -0.3 is 14.5 Å². The number of methoxy groups -OCH3 is 1. The second-order valence-electron chi connectivity index (χ2n) is 5.30. The number of carbonyl (C=O) groups is 1. The maximum atomic E-state index is 11.0. The van der Waals surface area contributed by atoms with Gasteiger partial charge in [0.25, 0.3) is 0 Å². The average Bonchev–Trinajstić information content (AvgIpc) is 2.94. The number of nitrogens with one attached hydrogen (secondary N) is 1. The number of fused-ring (bicyclic) bond motifs is 1. The van der Waals surface area contributed by atoms with E-state index in [2.05, 4.69) is 9.72 Å². The molecule has 1 amide bonds. The van der Waals surface area contributed by atoms with Crippen LogP contribution in [-0.2, 0) is 11.2 Å². The topological polar surface area (TPSA) is 55.6 Å². The standard InChI is InChI=1S/C18H19N3O2/c1-13(22)19-10-9-17-20-18(16-8-3-4-11-21(16)17)14-6-5-7-15(12-14)23-2/h3-8,11-12H,9-10H2,1-2H3,(H,19,22). The first-order valence-corrected chi connectivity index (χ1v) is 7.54. The maximum Gasteiger partial charge on any atom is 0.216 e. The van der Waals surface area contributed by atoms with Crippen LogP contribution in [0.1, 0.15) is 12.7 Å². The highest BCUT2D eigenvalue weighted by Crippen LogP contribution is 2.27. The zero-order valence-corrected chi connectivity index (χ0v) is 13.2. The molecule has 0 fully saturated rings. The highest BCUT2D eigenvalue weighted by Gasteiger charge is 2.12. The molecule has 118 valence electrons. The van der Waals surface area contributed by atoms with Gasteiger partial charge in [-0.3, -0.25) is 4.79 Å². The molecule has 0 aliphatic carbocycles. The number of hydrogen-bond acceptors (Lipinski definition) is 3. The molecule has 0 radical (unpaired) electrons.